The molecule has 0 saturated heterocycles. The van der Waals surface area contributed by atoms with E-state index in [1.165, 1.54) is 43.1 Å². The summed E-state index contributed by atoms with van der Waals surface area (Å²) in [4.78, 5) is 37.8. The number of nitrogens with zero attached hydrogens (tertiary/aromatic N) is 2. The fourth-order valence-electron chi connectivity index (χ4n) is 2.40. The van der Waals surface area contributed by atoms with E-state index in [-0.39, 0.29) is 18.0 Å². The topological polar surface area (TPSA) is 99.5 Å². The zero-order valence-electron chi connectivity index (χ0n) is 15.9. The monoisotopic (exact) mass is 379 g/mol. The first-order valence-electron chi connectivity index (χ1n) is 8.63. The Hall–Kier alpha value is -3.66. The highest BCUT2D eigenvalue weighted by Gasteiger charge is 2.23. The fourth-order valence-corrected chi connectivity index (χ4v) is 2.40. The number of rotatable bonds is 6. The maximum Gasteiger partial charge on any atom is 0.338 e. The largest absolute Gasteiger partial charge is 0.449 e. The number of amides is 2. The highest BCUT2D eigenvalue weighted by Crippen LogP contribution is 2.10. The molecule has 2 aromatic rings. The molecule has 0 aliphatic rings. The van der Waals surface area contributed by atoms with Gasteiger partial charge < -0.3 is 15.0 Å². The van der Waals surface area contributed by atoms with Crippen molar-refractivity contribution in [3.05, 3.63) is 65.2 Å². The molecule has 28 heavy (non-hydrogen) atoms. The molecular formula is C21H21N3O4. The van der Waals surface area contributed by atoms with E-state index in [1.807, 2.05) is 25.1 Å². The summed E-state index contributed by atoms with van der Waals surface area (Å²) < 4.78 is 5.16. The summed E-state index contributed by atoms with van der Waals surface area (Å²) >= 11 is 0. The number of hydrogen-bond acceptors (Lipinski definition) is 5. The van der Waals surface area contributed by atoms with Crippen molar-refractivity contribution in [3.8, 4) is 6.07 Å². The Morgan fingerprint density at radius 3 is 2.29 bits per heavy atom. The predicted molar refractivity (Wildman–Crippen MR) is 103 cm³/mol. The van der Waals surface area contributed by atoms with Crippen molar-refractivity contribution in [2.24, 2.45) is 0 Å². The summed E-state index contributed by atoms with van der Waals surface area (Å²) in [5.41, 5.74) is 2.36. The highest BCUT2D eigenvalue weighted by molar-refractivity contribution is 5.96. The van der Waals surface area contributed by atoms with Crippen molar-refractivity contribution in [1.29, 1.82) is 5.26 Å². The van der Waals surface area contributed by atoms with Crippen LogP contribution in [0.25, 0.3) is 0 Å². The van der Waals surface area contributed by atoms with Crippen molar-refractivity contribution < 1.29 is 19.1 Å². The molecule has 0 heterocycles. The number of hydrogen-bond donors (Lipinski definition) is 1. The first-order valence-corrected chi connectivity index (χ1v) is 8.63. The molecule has 0 aliphatic carbocycles. The molecule has 0 bridgehead atoms. The maximum absolute atomic E-state index is 12.4. The number of carbonyl (C=O) groups excluding carboxylic acids is 3. The van der Waals surface area contributed by atoms with E-state index in [2.05, 4.69) is 5.32 Å². The minimum absolute atomic E-state index is 0.175. The van der Waals surface area contributed by atoms with Gasteiger partial charge in [0, 0.05) is 12.7 Å². The fraction of sp³-hybridized carbons (Fsp3) is 0.238. The molecule has 0 aliphatic heterocycles. The van der Waals surface area contributed by atoms with E-state index in [9.17, 15) is 14.4 Å². The second-order valence-corrected chi connectivity index (χ2v) is 6.35. The normalized spacial score (nSPS) is 11.1. The van der Waals surface area contributed by atoms with Crippen LogP contribution in [0.2, 0.25) is 0 Å². The molecular weight excluding hydrogens is 358 g/mol. The molecule has 0 aromatic heterocycles. The molecule has 1 atom stereocenters. The molecule has 7 heteroatoms. The lowest BCUT2D eigenvalue weighted by Gasteiger charge is -2.21. The van der Waals surface area contributed by atoms with Crippen LogP contribution in [0.5, 0.6) is 0 Å². The Labute approximate surface area is 163 Å². The second kappa shape index (κ2) is 9.33. The Morgan fingerprint density at radius 2 is 1.71 bits per heavy atom. The van der Waals surface area contributed by atoms with Gasteiger partial charge in [0.05, 0.1) is 23.7 Å². The van der Waals surface area contributed by atoms with Gasteiger partial charge in [-0.15, -0.1) is 0 Å². The van der Waals surface area contributed by atoms with Crippen molar-refractivity contribution in [2.75, 3.05) is 18.9 Å². The summed E-state index contributed by atoms with van der Waals surface area (Å²) in [5, 5.41) is 11.5. The third kappa shape index (κ3) is 5.68. The molecule has 2 rings (SSSR count). The van der Waals surface area contributed by atoms with Crippen molar-refractivity contribution in [2.45, 2.75) is 20.0 Å². The van der Waals surface area contributed by atoms with Crippen LogP contribution in [0, 0.1) is 18.3 Å². The predicted octanol–water partition coefficient (Wildman–Crippen LogP) is 2.51. The summed E-state index contributed by atoms with van der Waals surface area (Å²) in [5.74, 6) is -1.53. The number of nitriles is 1. The van der Waals surface area contributed by atoms with Crippen LogP contribution in [-0.4, -0.2) is 42.4 Å². The minimum Gasteiger partial charge on any atom is -0.449 e. The lowest BCUT2D eigenvalue weighted by atomic mass is 10.1. The van der Waals surface area contributed by atoms with Gasteiger partial charge in [-0.3, -0.25) is 9.59 Å². The van der Waals surface area contributed by atoms with Gasteiger partial charge in [-0.05, 0) is 50.2 Å². The number of benzene rings is 2. The molecule has 1 N–H and O–H groups in total. The molecule has 7 nitrogen and oxygen atoms in total. The SMILES string of the molecule is Cc1ccc(NC(=O)CN(C)C(=O)[C@H](C)OC(=O)c2ccc(C#N)cc2)cc1. The molecule has 0 unspecified atom stereocenters. The van der Waals surface area contributed by atoms with Crippen molar-refractivity contribution >= 4 is 23.5 Å². The van der Waals surface area contributed by atoms with Crippen LogP contribution in [0.1, 0.15) is 28.4 Å². The Morgan fingerprint density at radius 1 is 1.11 bits per heavy atom. The van der Waals surface area contributed by atoms with E-state index in [4.69, 9.17) is 10.00 Å². The second-order valence-electron chi connectivity index (χ2n) is 6.35. The smallest absolute Gasteiger partial charge is 0.338 e. The molecule has 0 fully saturated rings. The van der Waals surface area contributed by atoms with Crippen LogP contribution in [0.4, 0.5) is 5.69 Å². The average molecular weight is 379 g/mol. The van der Waals surface area contributed by atoms with E-state index >= 15 is 0 Å². The average Bonchev–Trinajstić information content (AvgIpc) is 2.68. The van der Waals surface area contributed by atoms with Crippen LogP contribution >= 0.6 is 0 Å². The van der Waals surface area contributed by atoms with E-state index in [0.29, 0.717) is 11.3 Å². The molecule has 144 valence electrons. The zero-order chi connectivity index (χ0) is 20.7. The molecule has 0 saturated carbocycles. The number of nitrogens with one attached hydrogen (secondary N) is 1. The van der Waals surface area contributed by atoms with E-state index in [0.717, 1.165) is 5.56 Å². The van der Waals surface area contributed by atoms with Gasteiger partial charge in [0.1, 0.15) is 0 Å². The van der Waals surface area contributed by atoms with Crippen LogP contribution in [0.15, 0.2) is 48.5 Å². The summed E-state index contributed by atoms with van der Waals surface area (Å²) in [6.07, 6.45) is -1.06. The number of ether oxygens (including phenoxy) is 1. The molecule has 0 spiro atoms. The van der Waals surface area contributed by atoms with E-state index in [1.54, 1.807) is 12.1 Å². The van der Waals surface area contributed by atoms with Gasteiger partial charge in [0.2, 0.25) is 5.91 Å². The van der Waals surface area contributed by atoms with Gasteiger partial charge in [-0.2, -0.15) is 5.26 Å². The van der Waals surface area contributed by atoms with Gasteiger partial charge in [0.15, 0.2) is 6.10 Å². The molecule has 2 amide bonds. The van der Waals surface area contributed by atoms with Gasteiger partial charge in [-0.25, -0.2) is 4.79 Å². The zero-order valence-corrected chi connectivity index (χ0v) is 15.9. The van der Waals surface area contributed by atoms with E-state index < -0.39 is 18.0 Å². The third-order valence-corrected chi connectivity index (χ3v) is 3.97. The van der Waals surface area contributed by atoms with Crippen LogP contribution in [-0.2, 0) is 14.3 Å². The van der Waals surface area contributed by atoms with Gasteiger partial charge in [0.25, 0.3) is 5.91 Å². The molecule has 2 aromatic carbocycles. The van der Waals surface area contributed by atoms with Crippen LogP contribution < -0.4 is 5.32 Å². The lowest BCUT2D eigenvalue weighted by Crippen LogP contribution is -2.41. The van der Waals surface area contributed by atoms with Gasteiger partial charge in [-0.1, -0.05) is 17.7 Å². The number of esters is 1. The Balaban J connectivity index is 1.88. The van der Waals surface area contributed by atoms with Crippen LogP contribution in [0.3, 0.4) is 0 Å². The highest BCUT2D eigenvalue weighted by atomic mass is 16.5. The molecule has 0 radical (unpaired) electrons. The Kier molecular flexibility index (Phi) is 6.88. The quantitative estimate of drug-likeness (QED) is 0.778. The van der Waals surface area contributed by atoms with Gasteiger partial charge >= 0.3 is 5.97 Å². The first kappa shape index (κ1) is 20.6. The minimum atomic E-state index is -1.06. The third-order valence-electron chi connectivity index (χ3n) is 3.97. The summed E-state index contributed by atoms with van der Waals surface area (Å²) in [6.45, 7) is 3.21. The first-order chi connectivity index (χ1) is 13.3. The van der Waals surface area contributed by atoms with Crippen molar-refractivity contribution in [3.63, 3.8) is 0 Å². The number of aryl methyl sites for hydroxylation is 1. The standard InChI is InChI=1S/C21H21N3O4/c1-14-4-10-18(11-5-14)23-19(25)13-24(3)20(26)15(2)28-21(27)17-8-6-16(12-22)7-9-17/h4-11,15H,13H2,1-3H3,(H,23,25)/t15-/m0/s1. The summed E-state index contributed by atoms with van der Waals surface area (Å²) in [6, 6.07) is 15.1. The van der Waals surface area contributed by atoms with Crippen molar-refractivity contribution in [1.82, 2.24) is 4.90 Å². The number of likely N-dealkylation sites (N-methyl/N-ethyl adjacent to an activating group) is 1. The number of anilines is 1. The Bertz CT molecular complexity index is 899. The maximum atomic E-state index is 12.4. The lowest BCUT2D eigenvalue weighted by molar-refractivity contribution is -0.140. The summed E-state index contributed by atoms with van der Waals surface area (Å²) in [7, 11) is 1.46. The number of carbonyl (C=O) groups is 3.